The van der Waals surface area contributed by atoms with Crippen LogP contribution in [0.2, 0.25) is 0 Å². The van der Waals surface area contributed by atoms with Gasteiger partial charge in [-0.25, -0.2) is 4.68 Å². The Labute approximate surface area is 153 Å². The fraction of sp³-hybridized carbons (Fsp3) is 0.273. The fourth-order valence-electron chi connectivity index (χ4n) is 3.51. The molecular formula is C22H22N2O2. The topological polar surface area (TPSA) is 44.1 Å². The highest BCUT2D eigenvalue weighted by molar-refractivity contribution is 5.70. The molecule has 0 fully saturated rings. The zero-order valence-corrected chi connectivity index (χ0v) is 14.7. The van der Waals surface area contributed by atoms with Gasteiger partial charge in [0.2, 0.25) is 0 Å². The lowest BCUT2D eigenvalue weighted by Gasteiger charge is -2.25. The van der Waals surface area contributed by atoms with Crippen LogP contribution in [0, 0.1) is 0 Å². The molecule has 0 radical (unpaired) electrons. The Morgan fingerprint density at radius 1 is 1.12 bits per heavy atom. The summed E-state index contributed by atoms with van der Waals surface area (Å²) in [6, 6.07) is 18.2. The maximum Gasteiger partial charge on any atom is 0.306 e. The Kier molecular flexibility index (Phi) is 4.82. The van der Waals surface area contributed by atoms with Gasteiger partial charge in [-0.2, -0.15) is 5.10 Å². The third kappa shape index (κ3) is 3.69. The van der Waals surface area contributed by atoms with Gasteiger partial charge in [0, 0.05) is 12.6 Å². The second-order valence-electron chi connectivity index (χ2n) is 6.70. The minimum Gasteiger partial charge on any atom is -0.457 e. The number of hydrogen-bond donors (Lipinski definition) is 0. The number of aromatic nitrogens is 2. The molecular weight excluding hydrogens is 324 g/mol. The lowest BCUT2D eigenvalue weighted by molar-refractivity contribution is -0.150. The Morgan fingerprint density at radius 2 is 1.92 bits per heavy atom. The van der Waals surface area contributed by atoms with E-state index in [0.29, 0.717) is 12.8 Å². The van der Waals surface area contributed by atoms with E-state index in [0.717, 1.165) is 30.5 Å². The van der Waals surface area contributed by atoms with Crippen molar-refractivity contribution in [1.82, 2.24) is 9.78 Å². The Morgan fingerprint density at radius 3 is 2.81 bits per heavy atom. The van der Waals surface area contributed by atoms with E-state index in [1.165, 1.54) is 11.1 Å². The summed E-state index contributed by atoms with van der Waals surface area (Å²) in [5.41, 5.74) is 4.53. The van der Waals surface area contributed by atoms with Crippen molar-refractivity contribution in [2.24, 2.45) is 0 Å². The molecule has 4 rings (SSSR count). The molecule has 26 heavy (non-hydrogen) atoms. The number of carbonyl (C=O) groups excluding carboxylic acids is 1. The van der Waals surface area contributed by atoms with Crippen molar-refractivity contribution in [2.75, 3.05) is 0 Å². The molecule has 0 aliphatic heterocycles. The number of carbonyl (C=O) groups is 1. The Hall–Kier alpha value is -2.88. The third-order valence-electron chi connectivity index (χ3n) is 4.86. The molecule has 1 aliphatic carbocycles. The summed E-state index contributed by atoms with van der Waals surface area (Å²) in [6.45, 7) is 0. The average molecular weight is 346 g/mol. The monoisotopic (exact) mass is 346 g/mol. The maximum absolute atomic E-state index is 12.3. The van der Waals surface area contributed by atoms with Gasteiger partial charge in [0.25, 0.3) is 0 Å². The molecule has 1 atom stereocenters. The van der Waals surface area contributed by atoms with Gasteiger partial charge >= 0.3 is 5.97 Å². The highest BCUT2D eigenvalue weighted by atomic mass is 16.5. The average Bonchev–Trinajstić information content (AvgIpc) is 3.17. The third-order valence-corrected chi connectivity index (χ3v) is 4.86. The summed E-state index contributed by atoms with van der Waals surface area (Å²) in [5, 5.41) is 4.37. The molecule has 4 heteroatoms. The summed E-state index contributed by atoms with van der Waals surface area (Å²) >= 11 is 0. The lowest BCUT2D eigenvalue weighted by atomic mass is 9.89. The lowest BCUT2D eigenvalue weighted by Crippen LogP contribution is -2.17. The van der Waals surface area contributed by atoms with E-state index in [1.54, 1.807) is 0 Å². The number of para-hydroxylation sites is 1. The van der Waals surface area contributed by atoms with Crippen LogP contribution in [0.1, 0.15) is 42.1 Å². The number of nitrogens with zero attached hydrogens (tertiary/aromatic N) is 2. The predicted molar refractivity (Wildman–Crippen MR) is 100 cm³/mol. The van der Waals surface area contributed by atoms with Crippen LogP contribution in [0.3, 0.4) is 0 Å². The van der Waals surface area contributed by atoms with Crippen LogP contribution in [0.15, 0.2) is 67.0 Å². The van der Waals surface area contributed by atoms with Gasteiger partial charge in [0.1, 0.15) is 6.10 Å². The van der Waals surface area contributed by atoms with Gasteiger partial charge in [0.05, 0.1) is 11.9 Å². The second-order valence-corrected chi connectivity index (χ2v) is 6.70. The predicted octanol–water partition coefficient (Wildman–Crippen LogP) is 4.43. The number of hydrogen-bond acceptors (Lipinski definition) is 3. The summed E-state index contributed by atoms with van der Waals surface area (Å²) in [4.78, 5) is 12.3. The van der Waals surface area contributed by atoms with Crippen molar-refractivity contribution in [1.29, 1.82) is 0 Å². The first-order chi connectivity index (χ1) is 12.8. The summed E-state index contributed by atoms with van der Waals surface area (Å²) in [5.74, 6) is -0.140. The van der Waals surface area contributed by atoms with Gasteiger partial charge in [-0.15, -0.1) is 0 Å². The van der Waals surface area contributed by atoms with Crippen LogP contribution in [-0.2, 0) is 22.4 Å². The molecule has 0 unspecified atom stereocenters. The molecule has 1 aliphatic rings. The van der Waals surface area contributed by atoms with E-state index in [-0.39, 0.29) is 12.1 Å². The largest absolute Gasteiger partial charge is 0.457 e. The van der Waals surface area contributed by atoms with Crippen molar-refractivity contribution < 1.29 is 9.53 Å². The number of fused-ring (bicyclic) bond motifs is 1. The number of benzene rings is 2. The first-order valence-electron chi connectivity index (χ1n) is 9.16. The molecule has 0 bridgehead atoms. The van der Waals surface area contributed by atoms with Gasteiger partial charge in [-0.3, -0.25) is 4.79 Å². The van der Waals surface area contributed by atoms with Gasteiger partial charge in [-0.05, 0) is 54.5 Å². The summed E-state index contributed by atoms with van der Waals surface area (Å²) < 4.78 is 7.60. The number of aryl methyl sites for hydroxylation is 2. The van der Waals surface area contributed by atoms with E-state index >= 15 is 0 Å². The van der Waals surface area contributed by atoms with Crippen LogP contribution in [0.25, 0.3) is 5.69 Å². The minimum atomic E-state index is -0.140. The molecule has 132 valence electrons. The van der Waals surface area contributed by atoms with Crippen LogP contribution in [-0.4, -0.2) is 15.7 Å². The minimum absolute atomic E-state index is 0.0977. The molecule has 1 aromatic heterocycles. The maximum atomic E-state index is 12.3. The second kappa shape index (κ2) is 7.56. The highest BCUT2D eigenvalue weighted by Gasteiger charge is 2.23. The molecule has 3 aromatic rings. The zero-order chi connectivity index (χ0) is 17.8. The Bertz CT molecular complexity index is 886. The van der Waals surface area contributed by atoms with Crippen molar-refractivity contribution in [2.45, 2.75) is 38.2 Å². The quantitative estimate of drug-likeness (QED) is 0.642. The van der Waals surface area contributed by atoms with E-state index in [2.05, 4.69) is 17.2 Å². The molecule has 0 N–H and O–H groups in total. The van der Waals surface area contributed by atoms with Crippen LogP contribution in [0.5, 0.6) is 0 Å². The molecule has 4 nitrogen and oxygen atoms in total. The number of ether oxygens (including phenoxy) is 1. The van der Waals surface area contributed by atoms with E-state index in [4.69, 9.17) is 4.74 Å². The highest BCUT2D eigenvalue weighted by Crippen LogP contribution is 2.32. The zero-order valence-electron chi connectivity index (χ0n) is 14.7. The van der Waals surface area contributed by atoms with Gasteiger partial charge in [-0.1, -0.05) is 42.5 Å². The summed E-state index contributed by atoms with van der Waals surface area (Å²) in [7, 11) is 0. The SMILES string of the molecule is O=C(CCc1cnn(-c2ccccc2)c1)O[C@H]1CCCc2ccccc21. The van der Waals surface area contributed by atoms with E-state index in [9.17, 15) is 4.79 Å². The van der Waals surface area contributed by atoms with Crippen molar-refractivity contribution >= 4 is 5.97 Å². The van der Waals surface area contributed by atoms with Crippen LogP contribution in [0.4, 0.5) is 0 Å². The first kappa shape index (κ1) is 16.6. The van der Waals surface area contributed by atoms with Crippen molar-refractivity contribution in [3.8, 4) is 5.69 Å². The van der Waals surface area contributed by atoms with Crippen LogP contribution < -0.4 is 0 Å². The summed E-state index contributed by atoms with van der Waals surface area (Å²) in [6.07, 6.45) is 7.75. The Balaban J connectivity index is 1.35. The fourth-order valence-corrected chi connectivity index (χ4v) is 3.51. The van der Waals surface area contributed by atoms with Gasteiger partial charge in [0.15, 0.2) is 0 Å². The van der Waals surface area contributed by atoms with E-state index < -0.39 is 0 Å². The number of esters is 1. The molecule has 1 heterocycles. The molecule has 0 amide bonds. The molecule has 0 spiro atoms. The molecule has 0 saturated heterocycles. The smallest absolute Gasteiger partial charge is 0.306 e. The van der Waals surface area contributed by atoms with Crippen molar-refractivity contribution in [3.63, 3.8) is 0 Å². The van der Waals surface area contributed by atoms with E-state index in [1.807, 2.05) is 59.5 Å². The normalized spacial score (nSPS) is 16.1. The molecule has 2 aromatic carbocycles. The van der Waals surface area contributed by atoms with Crippen LogP contribution >= 0.6 is 0 Å². The molecule has 0 saturated carbocycles. The van der Waals surface area contributed by atoms with Gasteiger partial charge < -0.3 is 4.74 Å². The standard InChI is InChI=1S/C22H22N2O2/c25-22(26-21-12-6-8-18-7-4-5-11-20(18)21)14-13-17-15-23-24(16-17)19-9-2-1-3-10-19/h1-5,7,9-11,15-16,21H,6,8,12-14H2/t21-/m0/s1. The number of rotatable bonds is 5. The first-order valence-corrected chi connectivity index (χ1v) is 9.16. The van der Waals surface area contributed by atoms with Crippen molar-refractivity contribution in [3.05, 3.63) is 83.7 Å².